The maximum atomic E-state index is 12.0. The second kappa shape index (κ2) is 9.27. The van der Waals surface area contributed by atoms with Crippen molar-refractivity contribution in [1.29, 1.82) is 0 Å². The summed E-state index contributed by atoms with van der Waals surface area (Å²) in [6.45, 7) is 2.17. The fourth-order valence-electron chi connectivity index (χ4n) is 2.44. The number of benzene rings is 2. The van der Waals surface area contributed by atoms with Crippen molar-refractivity contribution in [2.24, 2.45) is 0 Å². The Hall–Kier alpha value is -3.74. The van der Waals surface area contributed by atoms with Crippen LogP contribution in [-0.2, 0) is 11.3 Å². The Morgan fingerprint density at radius 1 is 0.964 bits per heavy atom. The Morgan fingerprint density at radius 2 is 1.71 bits per heavy atom. The molecule has 0 spiro atoms. The van der Waals surface area contributed by atoms with E-state index in [2.05, 4.69) is 16.0 Å². The first-order valence-electron chi connectivity index (χ1n) is 8.75. The van der Waals surface area contributed by atoms with Crippen LogP contribution in [0.2, 0.25) is 0 Å². The number of rotatable bonds is 7. The van der Waals surface area contributed by atoms with Gasteiger partial charge in [0.2, 0.25) is 0 Å². The molecule has 0 aliphatic carbocycles. The lowest BCUT2D eigenvalue weighted by atomic mass is 10.2. The average molecular weight is 379 g/mol. The number of urea groups is 1. The molecule has 3 amide bonds. The molecule has 3 rings (SSSR count). The third-order valence-electron chi connectivity index (χ3n) is 3.79. The fraction of sp³-hybridized carbons (Fsp3) is 0.143. The van der Waals surface area contributed by atoms with E-state index < -0.39 is 0 Å². The minimum absolute atomic E-state index is 0.0847. The van der Waals surface area contributed by atoms with Crippen LogP contribution in [0.15, 0.2) is 71.3 Å². The fourth-order valence-corrected chi connectivity index (χ4v) is 2.44. The standard InChI is InChI=1S/C21H21N3O4/c1-15-4-2-5-18(12-15)28-14-20(25)23-16-7-9-17(10-8-16)24-21(26)22-13-19-6-3-11-27-19/h2-12H,13-14H2,1H3,(H,23,25)(H2,22,24,26). The summed E-state index contributed by atoms with van der Waals surface area (Å²) in [4.78, 5) is 23.9. The highest BCUT2D eigenvalue weighted by atomic mass is 16.5. The summed E-state index contributed by atoms with van der Waals surface area (Å²) in [5.74, 6) is 1.05. The van der Waals surface area contributed by atoms with Gasteiger partial charge in [0, 0.05) is 11.4 Å². The van der Waals surface area contributed by atoms with Crippen LogP contribution in [0.5, 0.6) is 5.75 Å². The molecule has 0 aliphatic heterocycles. The van der Waals surface area contributed by atoms with Crippen LogP contribution in [-0.4, -0.2) is 18.5 Å². The lowest BCUT2D eigenvalue weighted by Gasteiger charge is -2.10. The molecule has 0 atom stereocenters. The van der Waals surface area contributed by atoms with Gasteiger partial charge in [0.1, 0.15) is 11.5 Å². The van der Waals surface area contributed by atoms with Gasteiger partial charge in [-0.3, -0.25) is 4.79 Å². The van der Waals surface area contributed by atoms with Crippen molar-refractivity contribution in [2.75, 3.05) is 17.2 Å². The predicted octanol–water partition coefficient (Wildman–Crippen LogP) is 3.93. The third-order valence-corrected chi connectivity index (χ3v) is 3.79. The second-order valence-corrected chi connectivity index (χ2v) is 6.12. The molecule has 3 aromatic rings. The van der Waals surface area contributed by atoms with Crippen LogP contribution in [0.25, 0.3) is 0 Å². The number of aryl methyl sites for hydroxylation is 1. The largest absolute Gasteiger partial charge is 0.484 e. The Morgan fingerprint density at radius 3 is 2.39 bits per heavy atom. The molecule has 0 saturated carbocycles. The number of furan rings is 1. The molecule has 7 heteroatoms. The van der Waals surface area contributed by atoms with Gasteiger partial charge in [-0.1, -0.05) is 12.1 Å². The molecule has 0 radical (unpaired) electrons. The van der Waals surface area contributed by atoms with E-state index in [1.54, 1.807) is 48.7 Å². The number of hydrogen-bond acceptors (Lipinski definition) is 4. The molecule has 0 unspecified atom stereocenters. The highest BCUT2D eigenvalue weighted by molar-refractivity contribution is 5.93. The van der Waals surface area contributed by atoms with Crippen LogP contribution >= 0.6 is 0 Å². The molecule has 0 saturated heterocycles. The van der Waals surface area contributed by atoms with E-state index in [4.69, 9.17) is 9.15 Å². The van der Waals surface area contributed by atoms with Gasteiger partial charge < -0.3 is 25.1 Å². The predicted molar refractivity (Wildman–Crippen MR) is 106 cm³/mol. The smallest absolute Gasteiger partial charge is 0.319 e. The Balaban J connectivity index is 1.43. The summed E-state index contributed by atoms with van der Waals surface area (Å²) < 4.78 is 10.6. The SMILES string of the molecule is Cc1cccc(OCC(=O)Nc2ccc(NC(=O)NCc3ccco3)cc2)c1. The van der Waals surface area contributed by atoms with Crippen LogP contribution < -0.4 is 20.7 Å². The first-order chi connectivity index (χ1) is 13.6. The molecular weight excluding hydrogens is 358 g/mol. The minimum atomic E-state index is -0.347. The molecule has 0 bridgehead atoms. The quantitative estimate of drug-likeness (QED) is 0.580. The molecular formula is C21H21N3O4. The van der Waals surface area contributed by atoms with Crippen molar-refractivity contribution in [2.45, 2.75) is 13.5 Å². The zero-order chi connectivity index (χ0) is 19.8. The van der Waals surface area contributed by atoms with Gasteiger partial charge in [-0.2, -0.15) is 0 Å². The van der Waals surface area contributed by atoms with Gasteiger partial charge >= 0.3 is 6.03 Å². The lowest BCUT2D eigenvalue weighted by Crippen LogP contribution is -2.28. The first kappa shape index (κ1) is 19.0. The van der Waals surface area contributed by atoms with Crippen LogP contribution in [0, 0.1) is 6.92 Å². The summed E-state index contributed by atoms with van der Waals surface area (Å²) in [6, 6.07) is 17.5. The minimum Gasteiger partial charge on any atom is -0.484 e. The summed E-state index contributed by atoms with van der Waals surface area (Å²) in [5.41, 5.74) is 2.28. The van der Waals surface area contributed by atoms with Crippen molar-refractivity contribution in [1.82, 2.24) is 5.32 Å². The zero-order valence-corrected chi connectivity index (χ0v) is 15.4. The number of carbonyl (C=O) groups excluding carboxylic acids is 2. The van der Waals surface area contributed by atoms with E-state index in [1.807, 2.05) is 25.1 Å². The van der Waals surface area contributed by atoms with E-state index in [0.717, 1.165) is 5.56 Å². The Labute approximate surface area is 162 Å². The maximum Gasteiger partial charge on any atom is 0.319 e. The lowest BCUT2D eigenvalue weighted by molar-refractivity contribution is -0.118. The monoisotopic (exact) mass is 379 g/mol. The van der Waals surface area contributed by atoms with Crippen molar-refractivity contribution in [3.8, 4) is 5.75 Å². The van der Waals surface area contributed by atoms with Crippen molar-refractivity contribution in [3.05, 3.63) is 78.3 Å². The molecule has 28 heavy (non-hydrogen) atoms. The molecule has 3 N–H and O–H groups in total. The van der Waals surface area contributed by atoms with Crippen LogP contribution in [0.4, 0.5) is 16.2 Å². The van der Waals surface area contributed by atoms with E-state index in [1.165, 1.54) is 0 Å². The number of nitrogens with one attached hydrogen (secondary N) is 3. The highest BCUT2D eigenvalue weighted by Crippen LogP contribution is 2.15. The van der Waals surface area contributed by atoms with E-state index >= 15 is 0 Å². The van der Waals surface area contributed by atoms with Gasteiger partial charge in [0.25, 0.3) is 5.91 Å². The number of amides is 3. The third kappa shape index (κ3) is 5.91. The normalized spacial score (nSPS) is 10.2. The van der Waals surface area contributed by atoms with E-state index in [9.17, 15) is 9.59 Å². The van der Waals surface area contributed by atoms with Gasteiger partial charge in [-0.15, -0.1) is 0 Å². The van der Waals surface area contributed by atoms with Gasteiger partial charge in [-0.05, 0) is 61.0 Å². The van der Waals surface area contributed by atoms with E-state index in [-0.39, 0.29) is 18.5 Å². The topological polar surface area (TPSA) is 92.6 Å². The Bertz CT molecular complexity index is 921. The van der Waals surface area contributed by atoms with Gasteiger partial charge in [0.05, 0.1) is 12.8 Å². The molecule has 1 aromatic heterocycles. The zero-order valence-electron chi connectivity index (χ0n) is 15.4. The molecule has 144 valence electrons. The Kier molecular flexibility index (Phi) is 6.30. The number of anilines is 2. The summed E-state index contributed by atoms with van der Waals surface area (Å²) in [6.07, 6.45) is 1.55. The average Bonchev–Trinajstić information content (AvgIpc) is 3.20. The van der Waals surface area contributed by atoms with Gasteiger partial charge in [-0.25, -0.2) is 4.79 Å². The van der Waals surface area contributed by atoms with Crippen LogP contribution in [0.3, 0.4) is 0 Å². The first-order valence-corrected chi connectivity index (χ1v) is 8.75. The molecule has 7 nitrogen and oxygen atoms in total. The van der Waals surface area contributed by atoms with E-state index in [0.29, 0.717) is 29.4 Å². The number of carbonyl (C=O) groups is 2. The van der Waals surface area contributed by atoms with Crippen molar-refractivity contribution >= 4 is 23.3 Å². The highest BCUT2D eigenvalue weighted by Gasteiger charge is 2.06. The second-order valence-electron chi connectivity index (χ2n) is 6.12. The molecule has 0 fully saturated rings. The molecule has 1 heterocycles. The van der Waals surface area contributed by atoms with Gasteiger partial charge in [0.15, 0.2) is 6.61 Å². The summed E-state index contributed by atoms with van der Waals surface area (Å²) in [5, 5.41) is 8.14. The van der Waals surface area contributed by atoms with Crippen LogP contribution in [0.1, 0.15) is 11.3 Å². The summed E-state index contributed by atoms with van der Waals surface area (Å²) in [7, 11) is 0. The summed E-state index contributed by atoms with van der Waals surface area (Å²) >= 11 is 0. The molecule has 0 aliphatic rings. The number of hydrogen-bond donors (Lipinski definition) is 3. The maximum absolute atomic E-state index is 12.0. The molecule has 2 aromatic carbocycles. The van der Waals surface area contributed by atoms with Crippen molar-refractivity contribution < 1.29 is 18.7 Å². The number of ether oxygens (including phenoxy) is 1. The van der Waals surface area contributed by atoms with Crippen molar-refractivity contribution in [3.63, 3.8) is 0 Å².